The minimum atomic E-state index is -0.355. The summed E-state index contributed by atoms with van der Waals surface area (Å²) in [5.74, 6) is -0.710. The van der Waals surface area contributed by atoms with E-state index in [0.29, 0.717) is 48.9 Å². The van der Waals surface area contributed by atoms with E-state index in [2.05, 4.69) is 54.5 Å². The average Bonchev–Trinajstić information content (AvgIpc) is 4.19. The van der Waals surface area contributed by atoms with Gasteiger partial charge < -0.3 is 28.7 Å². The Bertz CT molecular complexity index is 1900. The standard InChI is InChI=1S/C44H48N6O6/c51-43(55-29-39-27-53-39)31-9-13-35(14-10-31)45-47-37-17-19-41-33(25-37)7-5-23-49(41)21-3-1-2-4-22-50-24-6-8-34-26-38(18-20-42(34)50)48-46-36-15-11-32(12-16-36)44(52)56-30-40-28-54-40/h9-20,25-26,39-40H,1-8,21-24,27-30H2/t39-,40?/m0/s1. The number of esters is 2. The molecule has 0 saturated carbocycles. The lowest BCUT2D eigenvalue weighted by Crippen LogP contribution is -2.30. The van der Waals surface area contributed by atoms with Crippen molar-refractivity contribution in [2.45, 2.75) is 63.6 Å². The molecule has 290 valence electrons. The third kappa shape index (κ3) is 10.2. The third-order valence-electron chi connectivity index (χ3n) is 10.5. The smallest absolute Gasteiger partial charge is 0.338 e. The maximum atomic E-state index is 12.2. The molecule has 12 heteroatoms. The first-order valence-electron chi connectivity index (χ1n) is 19.9. The van der Waals surface area contributed by atoms with Crippen molar-refractivity contribution in [3.63, 3.8) is 0 Å². The minimum absolute atomic E-state index is 0.0481. The highest BCUT2D eigenvalue weighted by molar-refractivity contribution is 5.90. The van der Waals surface area contributed by atoms with Crippen molar-refractivity contribution in [3.05, 3.63) is 107 Å². The molecular formula is C44H48N6O6. The lowest BCUT2D eigenvalue weighted by molar-refractivity contribution is 0.0468. The Morgan fingerprint density at radius 1 is 0.554 bits per heavy atom. The number of benzene rings is 4. The number of azo groups is 2. The van der Waals surface area contributed by atoms with Gasteiger partial charge in [-0.1, -0.05) is 12.8 Å². The van der Waals surface area contributed by atoms with Gasteiger partial charge in [-0.15, -0.1) is 0 Å². The van der Waals surface area contributed by atoms with Crippen molar-refractivity contribution in [1.29, 1.82) is 0 Å². The van der Waals surface area contributed by atoms with Crippen molar-refractivity contribution < 1.29 is 28.5 Å². The number of hydrogen-bond acceptors (Lipinski definition) is 12. The van der Waals surface area contributed by atoms with Crippen LogP contribution in [0.15, 0.2) is 105 Å². The highest BCUT2D eigenvalue weighted by Gasteiger charge is 2.25. The van der Waals surface area contributed by atoms with Crippen molar-refractivity contribution in [2.24, 2.45) is 20.5 Å². The number of carbonyl (C=O) groups excluding carboxylic acids is 2. The van der Waals surface area contributed by atoms with E-state index in [1.165, 1.54) is 48.2 Å². The van der Waals surface area contributed by atoms with Gasteiger partial charge in [0, 0.05) is 37.6 Å². The van der Waals surface area contributed by atoms with Gasteiger partial charge in [-0.05, 0) is 135 Å². The van der Waals surface area contributed by atoms with Crippen LogP contribution in [0, 0.1) is 0 Å². The Balaban J connectivity index is 0.758. The Morgan fingerprint density at radius 2 is 0.946 bits per heavy atom. The summed E-state index contributed by atoms with van der Waals surface area (Å²) in [5, 5.41) is 17.8. The molecule has 4 aliphatic rings. The predicted octanol–water partition coefficient (Wildman–Crippen LogP) is 9.39. The number of hydrogen-bond donors (Lipinski definition) is 0. The normalized spacial score (nSPS) is 18.5. The van der Waals surface area contributed by atoms with Gasteiger partial charge >= 0.3 is 11.9 Å². The van der Waals surface area contributed by atoms with Crippen LogP contribution in [0.4, 0.5) is 34.1 Å². The van der Waals surface area contributed by atoms with Crippen LogP contribution in [0.2, 0.25) is 0 Å². The summed E-state index contributed by atoms with van der Waals surface area (Å²) in [4.78, 5) is 29.4. The monoisotopic (exact) mass is 756 g/mol. The van der Waals surface area contributed by atoms with Crippen molar-refractivity contribution in [3.8, 4) is 0 Å². The Hall–Kier alpha value is -5.46. The minimum Gasteiger partial charge on any atom is -0.459 e. The molecule has 1 unspecified atom stereocenters. The fourth-order valence-electron chi connectivity index (χ4n) is 7.26. The molecule has 4 aliphatic heterocycles. The molecule has 0 aromatic heterocycles. The fourth-order valence-corrected chi connectivity index (χ4v) is 7.26. The summed E-state index contributed by atoms with van der Waals surface area (Å²) < 4.78 is 20.7. The second-order valence-corrected chi connectivity index (χ2v) is 14.8. The van der Waals surface area contributed by atoms with Gasteiger partial charge in [0.05, 0.1) is 47.1 Å². The summed E-state index contributed by atoms with van der Waals surface area (Å²) in [5.41, 5.74) is 9.30. The van der Waals surface area contributed by atoms with Crippen molar-refractivity contribution in [2.75, 3.05) is 62.4 Å². The van der Waals surface area contributed by atoms with Crippen LogP contribution in [0.3, 0.4) is 0 Å². The van der Waals surface area contributed by atoms with Crippen LogP contribution in [-0.4, -0.2) is 76.8 Å². The molecule has 0 amide bonds. The van der Waals surface area contributed by atoms with E-state index in [4.69, 9.17) is 18.9 Å². The van der Waals surface area contributed by atoms with Gasteiger partial charge in [0.2, 0.25) is 0 Å². The summed E-state index contributed by atoms with van der Waals surface area (Å²) >= 11 is 0. The number of rotatable bonds is 17. The second-order valence-electron chi connectivity index (χ2n) is 14.8. The van der Waals surface area contributed by atoms with Crippen molar-refractivity contribution >= 4 is 46.1 Å². The number of anilines is 2. The van der Waals surface area contributed by atoms with Gasteiger partial charge in [0.25, 0.3) is 0 Å². The molecule has 8 rings (SSSR count). The Labute approximate surface area is 327 Å². The summed E-state index contributed by atoms with van der Waals surface area (Å²) in [6.07, 6.45) is 9.23. The third-order valence-corrected chi connectivity index (χ3v) is 10.5. The molecule has 4 aromatic rings. The quantitative estimate of drug-likeness (QED) is 0.0450. The molecule has 4 aromatic carbocycles. The molecule has 0 bridgehead atoms. The van der Waals surface area contributed by atoms with Crippen LogP contribution in [0.5, 0.6) is 0 Å². The molecule has 0 spiro atoms. The van der Waals surface area contributed by atoms with Crippen LogP contribution in [0.1, 0.15) is 70.4 Å². The van der Waals surface area contributed by atoms with E-state index in [0.717, 1.165) is 63.2 Å². The number of nitrogens with zero attached hydrogens (tertiary/aromatic N) is 6. The SMILES string of the molecule is O=C(OCC1CO1)c1ccc(N=Nc2ccc3c(c2)CCCN3CCCCCCN2CCCc3cc(N=Nc4ccc(C(=O)OC[C@@H]5CO5)cc4)ccc32)cc1. The van der Waals surface area contributed by atoms with Gasteiger partial charge in [-0.3, -0.25) is 0 Å². The van der Waals surface area contributed by atoms with Gasteiger partial charge in [0.15, 0.2) is 0 Å². The van der Waals surface area contributed by atoms with Gasteiger partial charge in [-0.25, -0.2) is 9.59 Å². The number of fused-ring (bicyclic) bond motifs is 2. The zero-order chi connectivity index (χ0) is 38.1. The molecule has 0 radical (unpaired) electrons. The molecule has 2 fully saturated rings. The molecule has 4 heterocycles. The van der Waals surface area contributed by atoms with E-state index in [1.807, 2.05) is 12.1 Å². The number of epoxide rings is 2. The van der Waals surface area contributed by atoms with E-state index in [-0.39, 0.29) is 24.1 Å². The molecule has 2 saturated heterocycles. The fraction of sp³-hybridized carbons (Fsp3) is 0.409. The maximum Gasteiger partial charge on any atom is 0.338 e. The molecule has 12 nitrogen and oxygen atoms in total. The first-order valence-corrected chi connectivity index (χ1v) is 19.9. The zero-order valence-corrected chi connectivity index (χ0v) is 31.7. The van der Waals surface area contributed by atoms with Gasteiger partial charge in [-0.2, -0.15) is 20.5 Å². The number of ether oxygens (including phenoxy) is 4. The molecule has 0 aliphatic carbocycles. The topological polar surface area (TPSA) is 134 Å². The van der Waals surface area contributed by atoms with E-state index < -0.39 is 0 Å². The first-order chi connectivity index (χ1) is 27.5. The average molecular weight is 757 g/mol. The van der Waals surface area contributed by atoms with Crippen LogP contribution >= 0.6 is 0 Å². The molecule has 0 N–H and O–H groups in total. The first kappa shape index (κ1) is 37.5. The van der Waals surface area contributed by atoms with E-state index >= 15 is 0 Å². The zero-order valence-electron chi connectivity index (χ0n) is 31.7. The largest absolute Gasteiger partial charge is 0.459 e. The molecular weight excluding hydrogens is 709 g/mol. The highest BCUT2D eigenvalue weighted by Crippen LogP contribution is 2.33. The van der Waals surface area contributed by atoms with E-state index in [1.54, 1.807) is 48.5 Å². The number of aryl methyl sites for hydroxylation is 2. The van der Waals surface area contributed by atoms with E-state index in [9.17, 15) is 9.59 Å². The summed E-state index contributed by atoms with van der Waals surface area (Å²) in [6.45, 7) is 6.20. The maximum absolute atomic E-state index is 12.2. The van der Waals surface area contributed by atoms with Crippen LogP contribution in [0.25, 0.3) is 0 Å². The summed E-state index contributed by atoms with van der Waals surface area (Å²) in [6, 6.07) is 26.8. The highest BCUT2D eigenvalue weighted by atomic mass is 16.6. The van der Waals surface area contributed by atoms with Gasteiger partial charge in [0.1, 0.15) is 25.4 Å². The predicted molar refractivity (Wildman–Crippen MR) is 214 cm³/mol. The lowest BCUT2D eigenvalue weighted by Gasteiger charge is -2.32. The summed E-state index contributed by atoms with van der Waals surface area (Å²) in [7, 11) is 0. The lowest BCUT2D eigenvalue weighted by atomic mass is 10.00. The molecule has 56 heavy (non-hydrogen) atoms. The van der Waals surface area contributed by atoms with Crippen molar-refractivity contribution in [1.82, 2.24) is 0 Å². The second kappa shape index (κ2) is 18.0. The van der Waals surface area contributed by atoms with Crippen LogP contribution in [-0.2, 0) is 31.8 Å². The number of carbonyl (C=O) groups is 2. The Morgan fingerprint density at radius 3 is 1.36 bits per heavy atom. The molecule has 2 atom stereocenters. The number of unbranched alkanes of at least 4 members (excludes halogenated alkanes) is 3. The Kier molecular flexibility index (Phi) is 12.0. The van der Waals surface area contributed by atoms with Crippen LogP contribution < -0.4 is 9.80 Å².